The summed E-state index contributed by atoms with van der Waals surface area (Å²) in [5.41, 5.74) is 0.781. The van der Waals surface area contributed by atoms with Crippen LogP contribution in [0.2, 0.25) is 0 Å². The van der Waals surface area contributed by atoms with Gasteiger partial charge in [0.05, 0.1) is 6.10 Å². The van der Waals surface area contributed by atoms with Crippen molar-refractivity contribution in [3.63, 3.8) is 0 Å². The van der Waals surface area contributed by atoms with Gasteiger partial charge in [-0.25, -0.2) is 0 Å². The summed E-state index contributed by atoms with van der Waals surface area (Å²) in [6.45, 7) is 6.43. The van der Waals surface area contributed by atoms with Gasteiger partial charge in [-0.1, -0.05) is 12.1 Å². The minimum Gasteiger partial charge on any atom is -0.479 e. The van der Waals surface area contributed by atoms with Gasteiger partial charge in [0.2, 0.25) is 0 Å². The highest BCUT2D eigenvalue weighted by molar-refractivity contribution is 5.27. The third-order valence-corrected chi connectivity index (χ3v) is 3.02. The van der Waals surface area contributed by atoms with Crippen molar-refractivity contribution in [2.24, 2.45) is 0 Å². The number of ether oxygens (including phenoxy) is 1. The van der Waals surface area contributed by atoms with E-state index in [1.165, 1.54) is 0 Å². The summed E-state index contributed by atoms with van der Waals surface area (Å²) in [6, 6.07) is 9.48. The van der Waals surface area contributed by atoms with Crippen LogP contribution in [0.25, 0.3) is 0 Å². The standard InChI is InChI=1S/C14H20N2O2/c1-11(17)14(2,3)16-10-12-4-6-13(7-5-12)18-9-8-15/h4-7,11,16-17H,9-10H2,1-3H3. The Hall–Kier alpha value is -1.57. The lowest BCUT2D eigenvalue weighted by Crippen LogP contribution is -2.47. The highest BCUT2D eigenvalue weighted by atomic mass is 16.5. The van der Waals surface area contributed by atoms with Crippen LogP contribution in [0.5, 0.6) is 5.75 Å². The smallest absolute Gasteiger partial charge is 0.174 e. The number of hydrogen-bond donors (Lipinski definition) is 2. The zero-order valence-electron chi connectivity index (χ0n) is 11.1. The monoisotopic (exact) mass is 248 g/mol. The molecule has 0 amide bonds. The summed E-state index contributed by atoms with van der Waals surface area (Å²) >= 11 is 0. The quantitative estimate of drug-likeness (QED) is 0.806. The van der Waals surface area contributed by atoms with E-state index in [9.17, 15) is 5.11 Å². The lowest BCUT2D eigenvalue weighted by atomic mass is 9.98. The molecule has 0 saturated heterocycles. The van der Waals surface area contributed by atoms with Crippen LogP contribution in [0.15, 0.2) is 24.3 Å². The first-order chi connectivity index (χ1) is 8.45. The van der Waals surface area contributed by atoms with E-state index in [-0.39, 0.29) is 12.1 Å². The Kier molecular flexibility index (Phi) is 5.14. The predicted molar refractivity (Wildman–Crippen MR) is 70.1 cm³/mol. The number of aliphatic hydroxyl groups is 1. The Balaban J connectivity index is 2.52. The lowest BCUT2D eigenvalue weighted by Gasteiger charge is -2.29. The molecule has 1 aromatic rings. The molecule has 1 rings (SSSR count). The van der Waals surface area contributed by atoms with E-state index in [2.05, 4.69) is 5.32 Å². The first-order valence-corrected chi connectivity index (χ1v) is 5.97. The molecule has 0 bridgehead atoms. The molecule has 98 valence electrons. The molecule has 0 aliphatic carbocycles. The van der Waals surface area contributed by atoms with Crippen molar-refractivity contribution in [2.75, 3.05) is 6.61 Å². The third-order valence-electron chi connectivity index (χ3n) is 3.02. The summed E-state index contributed by atoms with van der Waals surface area (Å²) in [6.07, 6.45) is -0.421. The van der Waals surface area contributed by atoms with Crippen molar-refractivity contribution in [3.8, 4) is 11.8 Å². The van der Waals surface area contributed by atoms with E-state index >= 15 is 0 Å². The van der Waals surface area contributed by atoms with Crippen molar-refractivity contribution >= 4 is 0 Å². The van der Waals surface area contributed by atoms with E-state index in [1.807, 2.05) is 44.2 Å². The first kappa shape index (κ1) is 14.5. The number of benzene rings is 1. The number of nitrogens with one attached hydrogen (secondary N) is 1. The molecule has 2 N–H and O–H groups in total. The molecule has 0 saturated carbocycles. The minimum atomic E-state index is -0.421. The van der Waals surface area contributed by atoms with E-state index < -0.39 is 6.10 Å². The summed E-state index contributed by atoms with van der Waals surface area (Å²) in [4.78, 5) is 0. The van der Waals surface area contributed by atoms with Crippen molar-refractivity contribution in [1.82, 2.24) is 5.32 Å². The van der Waals surface area contributed by atoms with Gasteiger partial charge in [-0.3, -0.25) is 0 Å². The number of rotatable bonds is 6. The van der Waals surface area contributed by atoms with Gasteiger partial charge >= 0.3 is 0 Å². The van der Waals surface area contributed by atoms with Crippen LogP contribution in [-0.2, 0) is 6.54 Å². The van der Waals surface area contributed by atoms with Crippen molar-refractivity contribution in [3.05, 3.63) is 29.8 Å². The molecule has 0 fully saturated rings. The number of nitriles is 1. The topological polar surface area (TPSA) is 65.3 Å². The van der Waals surface area contributed by atoms with Crippen LogP contribution in [0.4, 0.5) is 0 Å². The van der Waals surface area contributed by atoms with Gasteiger partial charge in [0, 0.05) is 12.1 Å². The number of aliphatic hydroxyl groups excluding tert-OH is 1. The van der Waals surface area contributed by atoms with E-state index in [0.717, 1.165) is 5.56 Å². The third kappa shape index (κ3) is 4.36. The number of hydrogen-bond acceptors (Lipinski definition) is 4. The van der Waals surface area contributed by atoms with E-state index in [1.54, 1.807) is 6.92 Å². The van der Waals surface area contributed by atoms with Gasteiger partial charge < -0.3 is 15.2 Å². The summed E-state index contributed by atoms with van der Waals surface area (Å²) in [5.74, 6) is 0.690. The Bertz CT molecular complexity index is 405. The maximum atomic E-state index is 9.59. The molecule has 0 spiro atoms. The van der Waals surface area contributed by atoms with E-state index in [4.69, 9.17) is 10.00 Å². The molecule has 1 aromatic carbocycles. The molecule has 18 heavy (non-hydrogen) atoms. The molecule has 0 radical (unpaired) electrons. The molecular formula is C14H20N2O2. The van der Waals surface area contributed by atoms with Gasteiger partial charge in [0.1, 0.15) is 11.8 Å². The van der Waals surface area contributed by atoms with Crippen LogP contribution >= 0.6 is 0 Å². The van der Waals surface area contributed by atoms with Crippen molar-refractivity contribution < 1.29 is 9.84 Å². The highest BCUT2D eigenvalue weighted by Crippen LogP contribution is 2.14. The Morgan fingerprint density at radius 1 is 1.39 bits per heavy atom. The highest BCUT2D eigenvalue weighted by Gasteiger charge is 2.22. The summed E-state index contributed by atoms with van der Waals surface area (Å²) in [5, 5.41) is 21.3. The number of nitrogens with zero attached hydrogens (tertiary/aromatic N) is 1. The lowest BCUT2D eigenvalue weighted by molar-refractivity contribution is 0.0956. The fourth-order valence-electron chi connectivity index (χ4n) is 1.30. The molecule has 0 aliphatic heterocycles. The second-order valence-corrected chi connectivity index (χ2v) is 4.84. The predicted octanol–water partition coefficient (Wildman–Crippen LogP) is 1.84. The molecule has 1 unspecified atom stereocenters. The maximum absolute atomic E-state index is 9.59. The van der Waals surface area contributed by atoms with Crippen LogP contribution in [0.3, 0.4) is 0 Å². The Morgan fingerprint density at radius 3 is 2.50 bits per heavy atom. The van der Waals surface area contributed by atoms with Crippen LogP contribution < -0.4 is 10.1 Å². The SMILES string of the molecule is CC(O)C(C)(C)NCc1ccc(OCC#N)cc1. The zero-order valence-corrected chi connectivity index (χ0v) is 11.1. The molecule has 0 aliphatic rings. The molecule has 0 heterocycles. The van der Waals surface area contributed by atoms with Crippen molar-refractivity contribution in [1.29, 1.82) is 5.26 Å². The van der Waals surface area contributed by atoms with Gasteiger partial charge in [-0.2, -0.15) is 5.26 Å². The molecular weight excluding hydrogens is 228 g/mol. The Morgan fingerprint density at radius 2 is 2.00 bits per heavy atom. The zero-order chi connectivity index (χ0) is 13.6. The first-order valence-electron chi connectivity index (χ1n) is 5.97. The molecule has 0 aromatic heterocycles. The fraction of sp³-hybridized carbons (Fsp3) is 0.500. The average Bonchev–Trinajstić information content (AvgIpc) is 2.35. The fourth-order valence-corrected chi connectivity index (χ4v) is 1.30. The molecule has 4 nitrogen and oxygen atoms in total. The summed E-state index contributed by atoms with van der Waals surface area (Å²) in [7, 11) is 0. The van der Waals surface area contributed by atoms with Gasteiger partial charge in [0.15, 0.2) is 6.61 Å². The molecule has 4 heteroatoms. The maximum Gasteiger partial charge on any atom is 0.174 e. The van der Waals surface area contributed by atoms with Gasteiger partial charge in [0.25, 0.3) is 0 Å². The normalized spacial score (nSPS) is 12.8. The van der Waals surface area contributed by atoms with E-state index in [0.29, 0.717) is 12.3 Å². The summed E-state index contributed by atoms with van der Waals surface area (Å²) < 4.78 is 5.17. The minimum absolute atomic E-state index is 0.0622. The van der Waals surface area contributed by atoms with Gasteiger partial charge in [-0.05, 0) is 38.5 Å². The Labute approximate surface area is 108 Å². The second kappa shape index (κ2) is 6.39. The largest absolute Gasteiger partial charge is 0.479 e. The average molecular weight is 248 g/mol. The van der Waals surface area contributed by atoms with Gasteiger partial charge in [-0.15, -0.1) is 0 Å². The second-order valence-electron chi connectivity index (χ2n) is 4.84. The van der Waals surface area contributed by atoms with Crippen LogP contribution in [-0.4, -0.2) is 23.4 Å². The van der Waals surface area contributed by atoms with Crippen LogP contribution in [0.1, 0.15) is 26.3 Å². The van der Waals surface area contributed by atoms with Crippen molar-refractivity contribution in [2.45, 2.75) is 39.0 Å². The van der Waals surface area contributed by atoms with Crippen LogP contribution in [0, 0.1) is 11.3 Å². The molecule has 1 atom stereocenters.